The van der Waals surface area contributed by atoms with Gasteiger partial charge in [0.1, 0.15) is 0 Å². The summed E-state index contributed by atoms with van der Waals surface area (Å²) >= 11 is 0. The average Bonchev–Trinajstić information content (AvgIpc) is 3.53. The van der Waals surface area contributed by atoms with Crippen molar-refractivity contribution in [1.82, 2.24) is 4.57 Å². The molecule has 10 rings (SSSR count). The second-order valence-electron chi connectivity index (χ2n) is 13.7. The molecule has 3 nitrogen and oxygen atoms in total. The Labute approximate surface area is 314 Å². The molecule has 0 spiro atoms. The number of fused-ring (bicyclic) bond motifs is 7. The number of hydrogen-bond donors (Lipinski definition) is 0. The van der Waals surface area contributed by atoms with E-state index in [1.807, 2.05) is 18.2 Å². The highest BCUT2D eigenvalue weighted by Crippen LogP contribution is 2.55. The van der Waals surface area contributed by atoms with Gasteiger partial charge in [-0.15, -0.1) is 0 Å². The summed E-state index contributed by atoms with van der Waals surface area (Å²) in [6, 6.07) is 73.5. The van der Waals surface area contributed by atoms with Crippen LogP contribution in [-0.4, -0.2) is 4.57 Å². The highest BCUT2D eigenvalue weighted by molar-refractivity contribution is 6.13. The largest absolute Gasteiger partial charge is 0.309 e. The van der Waals surface area contributed by atoms with E-state index in [-0.39, 0.29) is 0 Å². The van der Waals surface area contributed by atoms with E-state index >= 15 is 0 Å². The summed E-state index contributed by atoms with van der Waals surface area (Å²) in [5.41, 5.74) is 17.7. The van der Waals surface area contributed by atoms with Crippen LogP contribution in [0.4, 0.5) is 17.1 Å². The van der Waals surface area contributed by atoms with Crippen molar-refractivity contribution < 1.29 is 0 Å². The molecule has 0 fully saturated rings. The fourth-order valence-corrected chi connectivity index (χ4v) is 8.10. The number of anilines is 3. The molecule has 9 aromatic rings. The molecular weight excluding hydrogens is 655 g/mol. The third-order valence-corrected chi connectivity index (χ3v) is 10.5. The molecule has 0 saturated carbocycles. The van der Waals surface area contributed by atoms with Gasteiger partial charge in [0.2, 0.25) is 0 Å². The number of para-hydroxylation sites is 3. The number of rotatable bonds is 5. The zero-order valence-electron chi connectivity index (χ0n) is 29.4. The summed E-state index contributed by atoms with van der Waals surface area (Å²) in [7, 11) is 0. The molecular formula is C51H33N3. The summed E-state index contributed by atoms with van der Waals surface area (Å²) < 4.78 is 2.43. The van der Waals surface area contributed by atoms with Gasteiger partial charge in [0.15, 0.2) is 0 Å². The molecule has 8 aromatic carbocycles. The van der Waals surface area contributed by atoms with Gasteiger partial charge in [-0.25, -0.2) is 0 Å². The second-order valence-corrected chi connectivity index (χ2v) is 13.7. The summed E-state index contributed by atoms with van der Waals surface area (Å²) in [4.78, 5) is 2.45. The fourth-order valence-electron chi connectivity index (χ4n) is 8.10. The standard InChI is InChI=1S/C51H33N3/c52-34-35-14-13-19-39(30-35)38-26-28-42(29-27-38)54-48-24-11-8-21-45(48)50-44-20-7-10-23-47(44)53(49-25-12-9-22-46(49)51(50)54)43-32-40(36-15-3-1-4-16-36)31-41(33-43)37-17-5-2-6-18-37/h1-33H. The van der Waals surface area contributed by atoms with Gasteiger partial charge in [0.25, 0.3) is 0 Å². The van der Waals surface area contributed by atoms with Crippen LogP contribution in [0.15, 0.2) is 200 Å². The SMILES string of the molecule is N#Cc1cccc(-c2ccc(-n3c4c(c5ccccc53)-c3ccccc3N(c3cc(-c5ccccc5)cc(-c5ccccc5)c3)c3ccccc3-4)cc2)c1. The lowest BCUT2D eigenvalue weighted by atomic mass is 9.97. The number of hydrogen-bond acceptors (Lipinski definition) is 2. The van der Waals surface area contributed by atoms with Gasteiger partial charge in [0.05, 0.1) is 34.2 Å². The minimum absolute atomic E-state index is 0.656. The molecule has 2 heterocycles. The van der Waals surface area contributed by atoms with Gasteiger partial charge in [-0.05, 0) is 94.0 Å². The minimum atomic E-state index is 0.656. The first-order chi connectivity index (χ1) is 26.7. The molecule has 0 bridgehead atoms. The van der Waals surface area contributed by atoms with Crippen LogP contribution in [0.5, 0.6) is 0 Å². The van der Waals surface area contributed by atoms with Crippen LogP contribution >= 0.6 is 0 Å². The van der Waals surface area contributed by atoms with Crippen molar-refractivity contribution in [2.45, 2.75) is 0 Å². The lowest BCUT2D eigenvalue weighted by Crippen LogP contribution is -2.11. The maximum Gasteiger partial charge on any atom is 0.0991 e. The van der Waals surface area contributed by atoms with Gasteiger partial charge in [-0.2, -0.15) is 5.26 Å². The molecule has 0 aliphatic carbocycles. The van der Waals surface area contributed by atoms with E-state index in [9.17, 15) is 5.26 Å². The topological polar surface area (TPSA) is 32.0 Å². The molecule has 252 valence electrons. The Morgan fingerprint density at radius 1 is 0.389 bits per heavy atom. The molecule has 0 unspecified atom stereocenters. The molecule has 0 N–H and O–H groups in total. The van der Waals surface area contributed by atoms with Crippen LogP contribution in [0.1, 0.15) is 5.56 Å². The molecule has 0 saturated heterocycles. The van der Waals surface area contributed by atoms with E-state index in [1.165, 1.54) is 38.8 Å². The Bertz CT molecular complexity index is 2820. The summed E-state index contributed by atoms with van der Waals surface area (Å²) in [6.07, 6.45) is 0. The van der Waals surface area contributed by atoms with Crippen molar-refractivity contribution in [3.05, 3.63) is 206 Å². The Morgan fingerprint density at radius 3 is 1.63 bits per heavy atom. The van der Waals surface area contributed by atoms with E-state index in [0.29, 0.717) is 5.56 Å². The van der Waals surface area contributed by atoms with E-state index in [4.69, 9.17) is 0 Å². The lowest BCUT2D eigenvalue weighted by molar-refractivity contribution is 1.13. The van der Waals surface area contributed by atoms with Crippen molar-refractivity contribution >= 4 is 28.0 Å². The van der Waals surface area contributed by atoms with E-state index in [1.54, 1.807) is 0 Å². The van der Waals surface area contributed by atoms with Gasteiger partial charge in [0, 0.05) is 33.5 Å². The summed E-state index contributed by atoms with van der Waals surface area (Å²) in [6.45, 7) is 0. The molecule has 1 aliphatic rings. The van der Waals surface area contributed by atoms with E-state index < -0.39 is 0 Å². The second kappa shape index (κ2) is 13.0. The Hall–Kier alpha value is -7.41. The first-order valence-corrected chi connectivity index (χ1v) is 18.2. The molecule has 1 aliphatic heterocycles. The molecule has 1 aromatic heterocycles. The van der Waals surface area contributed by atoms with Gasteiger partial charge < -0.3 is 9.47 Å². The van der Waals surface area contributed by atoms with Gasteiger partial charge in [-0.1, -0.05) is 140 Å². The van der Waals surface area contributed by atoms with Gasteiger partial charge in [-0.3, -0.25) is 0 Å². The highest BCUT2D eigenvalue weighted by atomic mass is 15.2. The number of benzene rings is 8. The molecule has 0 radical (unpaired) electrons. The van der Waals surface area contributed by atoms with Crippen molar-refractivity contribution in [3.8, 4) is 67.5 Å². The average molecular weight is 688 g/mol. The molecule has 3 heteroatoms. The Balaban J connectivity index is 1.24. The quantitative estimate of drug-likeness (QED) is 0.180. The van der Waals surface area contributed by atoms with E-state index in [0.717, 1.165) is 50.7 Å². The van der Waals surface area contributed by atoms with Crippen LogP contribution in [0.3, 0.4) is 0 Å². The predicted molar refractivity (Wildman–Crippen MR) is 223 cm³/mol. The summed E-state index contributed by atoms with van der Waals surface area (Å²) in [5.74, 6) is 0. The normalized spacial score (nSPS) is 11.6. The smallest absolute Gasteiger partial charge is 0.0991 e. The third-order valence-electron chi connectivity index (χ3n) is 10.5. The molecule has 54 heavy (non-hydrogen) atoms. The van der Waals surface area contributed by atoms with Crippen molar-refractivity contribution in [2.24, 2.45) is 0 Å². The van der Waals surface area contributed by atoms with Crippen LogP contribution in [0.25, 0.3) is 72.4 Å². The third kappa shape index (κ3) is 5.20. The minimum Gasteiger partial charge on any atom is -0.309 e. The zero-order chi connectivity index (χ0) is 36.0. The van der Waals surface area contributed by atoms with Crippen molar-refractivity contribution in [3.63, 3.8) is 0 Å². The fraction of sp³-hybridized carbons (Fsp3) is 0. The summed E-state index contributed by atoms with van der Waals surface area (Å²) in [5, 5.41) is 10.7. The molecule has 0 atom stereocenters. The monoisotopic (exact) mass is 687 g/mol. The predicted octanol–water partition coefficient (Wildman–Crippen LogP) is 13.6. The zero-order valence-corrected chi connectivity index (χ0v) is 29.4. The van der Waals surface area contributed by atoms with Crippen molar-refractivity contribution in [1.29, 1.82) is 5.26 Å². The van der Waals surface area contributed by atoms with Crippen LogP contribution in [0.2, 0.25) is 0 Å². The molecule has 0 amide bonds. The first kappa shape index (κ1) is 31.3. The Morgan fingerprint density at radius 2 is 0.944 bits per heavy atom. The number of aromatic nitrogens is 1. The number of nitriles is 1. The Kier molecular flexibility index (Phi) is 7.53. The van der Waals surface area contributed by atoms with Crippen molar-refractivity contribution in [2.75, 3.05) is 4.90 Å². The van der Waals surface area contributed by atoms with Crippen LogP contribution < -0.4 is 4.90 Å². The maximum atomic E-state index is 9.53. The lowest BCUT2D eigenvalue weighted by Gasteiger charge is -2.28. The van der Waals surface area contributed by atoms with E-state index in [2.05, 4.69) is 198 Å². The van der Waals surface area contributed by atoms with Crippen LogP contribution in [0, 0.1) is 11.3 Å². The maximum absolute atomic E-state index is 9.53. The number of nitrogens with zero attached hydrogens (tertiary/aromatic N) is 3. The highest BCUT2D eigenvalue weighted by Gasteiger charge is 2.31. The van der Waals surface area contributed by atoms with Gasteiger partial charge >= 0.3 is 0 Å². The van der Waals surface area contributed by atoms with Crippen LogP contribution in [-0.2, 0) is 0 Å². The first-order valence-electron chi connectivity index (χ1n) is 18.2.